The summed E-state index contributed by atoms with van der Waals surface area (Å²) < 4.78 is 20.6. The summed E-state index contributed by atoms with van der Waals surface area (Å²) in [6.07, 6.45) is 2.35. The number of halogens is 1. The van der Waals surface area contributed by atoms with E-state index in [1.807, 2.05) is 0 Å². The molecule has 0 spiro atoms. The second-order valence-corrected chi connectivity index (χ2v) is 4.44. The zero-order chi connectivity index (χ0) is 14.1. The van der Waals surface area contributed by atoms with E-state index in [0.717, 1.165) is 0 Å². The molecule has 1 atom stereocenters. The lowest BCUT2D eigenvalue weighted by Crippen LogP contribution is -2.27. The molecule has 1 aromatic carbocycles. The highest BCUT2D eigenvalue weighted by atomic mass is 19.1. The number of hydrogen-bond acceptors (Lipinski definition) is 4. The van der Waals surface area contributed by atoms with Crippen molar-refractivity contribution < 1.29 is 13.9 Å². The number of benzene rings is 1. The molecule has 1 aliphatic heterocycles. The smallest absolute Gasteiger partial charge is 0.414 e. The van der Waals surface area contributed by atoms with E-state index >= 15 is 0 Å². The summed E-state index contributed by atoms with van der Waals surface area (Å²) >= 11 is 0. The quantitative estimate of drug-likeness (QED) is 0.917. The molecule has 6 nitrogen and oxygen atoms in total. The van der Waals surface area contributed by atoms with E-state index in [0.29, 0.717) is 17.9 Å². The van der Waals surface area contributed by atoms with Gasteiger partial charge in [0, 0.05) is 18.9 Å². The van der Waals surface area contributed by atoms with Crippen LogP contribution in [0.15, 0.2) is 36.7 Å². The lowest BCUT2D eigenvalue weighted by molar-refractivity contribution is 0.145. The van der Waals surface area contributed by atoms with Crippen LogP contribution < -0.4 is 10.6 Å². The first-order chi connectivity index (χ1) is 9.69. The van der Waals surface area contributed by atoms with Crippen LogP contribution in [0.3, 0.4) is 0 Å². The molecule has 0 radical (unpaired) electrons. The van der Waals surface area contributed by atoms with E-state index in [4.69, 9.17) is 10.5 Å². The largest absolute Gasteiger partial charge is 0.443 e. The van der Waals surface area contributed by atoms with Gasteiger partial charge in [0.05, 0.1) is 12.2 Å². The minimum Gasteiger partial charge on any atom is -0.443 e. The number of anilines is 1. The lowest BCUT2D eigenvalue weighted by Gasteiger charge is -2.14. The van der Waals surface area contributed by atoms with Crippen LogP contribution in [-0.4, -0.2) is 35.1 Å². The Morgan fingerprint density at radius 1 is 1.50 bits per heavy atom. The molecule has 7 heteroatoms. The Morgan fingerprint density at radius 3 is 2.95 bits per heavy atom. The van der Waals surface area contributed by atoms with E-state index in [2.05, 4.69) is 5.10 Å². The monoisotopic (exact) mass is 276 g/mol. The van der Waals surface area contributed by atoms with Gasteiger partial charge in [0.1, 0.15) is 11.8 Å². The average Bonchev–Trinajstić information content (AvgIpc) is 3.07. The van der Waals surface area contributed by atoms with E-state index in [9.17, 15) is 9.18 Å². The van der Waals surface area contributed by atoms with Gasteiger partial charge in [-0.2, -0.15) is 5.10 Å². The summed E-state index contributed by atoms with van der Waals surface area (Å²) in [5.74, 6) is -0.463. The number of rotatable bonds is 3. The van der Waals surface area contributed by atoms with Gasteiger partial charge in [-0.3, -0.25) is 4.90 Å². The molecular weight excluding hydrogens is 263 g/mol. The molecule has 0 bridgehead atoms. The Balaban J connectivity index is 1.89. The number of carbonyl (C=O) groups is 1. The molecule has 1 aromatic heterocycles. The normalized spacial score (nSPS) is 18.4. The van der Waals surface area contributed by atoms with Crippen LogP contribution in [0.1, 0.15) is 0 Å². The number of carbonyl (C=O) groups excluding carboxylic acids is 1. The summed E-state index contributed by atoms with van der Waals surface area (Å²) in [5.41, 5.74) is 6.23. The van der Waals surface area contributed by atoms with E-state index in [1.165, 1.54) is 15.6 Å². The molecule has 1 aliphatic rings. The van der Waals surface area contributed by atoms with Crippen molar-refractivity contribution in [1.82, 2.24) is 9.78 Å². The molecular formula is C13H13FN4O2. The van der Waals surface area contributed by atoms with E-state index < -0.39 is 11.9 Å². The van der Waals surface area contributed by atoms with Crippen molar-refractivity contribution in [2.75, 3.05) is 18.0 Å². The number of amides is 1. The van der Waals surface area contributed by atoms with Gasteiger partial charge in [-0.1, -0.05) is 0 Å². The van der Waals surface area contributed by atoms with Crippen LogP contribution in [0, 0.1) is 5.82 Å². The van der Waals surface area contributed by atoms with Gasteiger partial charge < -0.3 is 10.5 Å². The number of cyclic esters (lactones) is 1. The zero-order valence-electron chi connectivity index (χ0n) is 10.6. The first kappa shape index (κ1) is 12.6. The highest BCUT2D eigenvalue weighted by Gasteiger charge is 2.31. The van der Waals surface area contributed by atoms with Crippen molar-refractivity contribution in [1.29, 1.82) is 0 Å². The van der Waals surface area contributed by atoms with Gasteiger partial charge in [0.25, 0.3) is 0 Å². The Hall–Kier alpha value is -2.41. The van der Waals surface area contributed by atoms with Crippen molar-refractivity contribution in [3.8, 4) is 5.69 Å². The predicted molar refractivity (Wildman–Crippen MR) is 70.2 cm³/mol. The molecule has 2 aromatic rings. The summed E-state index contributed by atoms with van der Waals surface area (Å²) in [5, 5.41) is 3.97. The van der Waals surface area contributed by atoms with Crippen LogP contribution in [0.4, 0.5) is 14.9 Å². The van der Waals surface area contributed by atoms with Crippen molar-refractivity contribution in [3.63, 3.8) is 0 Å². The third-order valence-corrected chi connectivity index (χ3v) is 3.13. The molecule has 0 saturated carbocycles. The second kappa shape index (κ2) is 4.93. The SMILES string of the molecule is NC[C@H]1CN(c2ccc(-n3cccn3)c(F)c2)C(=O)O1. The number of hydrogen-bond donors (Lipinski definition) is 1. The van der Waals surface area contributed by atoms with Crippen molar-refractivity contribution in [2.24, 2.45) is 5.73 Å². The van der Waals surface area contributed by atoms with Gasteiger partial charge in [-0.25, -0.2) is 13.9 Å². The van der Waals surface area contributed by atoms with Crippen LogP contribution in [0.5, 0.6) is 0 Å². The topological polar surface area (TPSA) is 73.4 Å². The van der Waals surface area contributed by atoms with Crippen molar-refractivity contribution in [3.05, 3.63) is 42.5 Å². The van der Waals surface area contributed by atoms with Gasteiger partial charge >= 0.3 is 6.09 Å². The summed E-state index contributed by atoms with van der Waals surface area (Å²) in [6, 6.07) is 6.22. The molecule has 0 unspecified atom stereocenters. The Kier molecular flexibility index (Phi) is 3.11. The molecule has 2 N–H and O–H groups in total. The van der Waals surface area contributed by atoms with E-state index in [-0.39, 0.29) is 12.6 Å². The van der Waals surface area contributed by atoms with Crippen LogP contribution >= 0.6 is 0 Å². The van der Waals surface area contributed by atoms with Crippen molar-refractivity contribution in [2.45, 2.75) is 6.10 Å². The number of nitrogens with two attached hydrogens (primary N) is 1. The summed E-state index contributed by atoms with van der Waals surface area (Å²) in [4.78, 5) is 13.0. The maximum absolute atomic E-state index is 14.1. The van der Waals surface area contributed by atoms with Crippen LogP contribution in [-0.2, 0) is 4.74 Å². The van der Waals surface area contributed by atoms with Gasteiger partial charge in [-0.05, 0) is 24.3 Å². The Bertz CT molecular complexity index is 629. The molecule has 1 saturated heterocycles. The third kappa shape index (κ3) is 2.12. The van der Waals surface area contributed by atoms with Gasteiger partial charge in [0.15, 0.2) is 5.82 Å². The molecule has 0 aliphatic carbocycles. The minimum atomic E-state index is -0.508. The Morgan fingerprint density at radius 2 is 2.35 bits per heavy atom. The highest BCUT2D eigenvalue weighted by molar-refractivity contribution is 5.89. The van der Waals surface area contributed by atoms with Crippen LogP contribution in [0.2, 0.25) is 0 Å². The maximum atomic E-state index is 14.1. The lowest BCUT2D eigenvalue weighted by atomic mass is 10.2. The first-order valence-corrected chi connectivity index (χ1v) is 6.17. The van der Waals surface area contributed by atoms with Crippen LogP contribution in [0.25, 0.3) is 5.69 Å². The zero-order valence-corrected chi connectivity index (χ0v) is 10.6. The molecule has 1 amide bonds. The molecule has 2 heterocycles. The predicted octanol–water partition coefficient (Wildman–Crippen LogP) is 1.30. The standard InChI is InChI=1S/C13H13FN4O2/c14-11-6-9(17-8-10(7-15)20-13(17)19)2-3-12(11)18-5-1-4-16-18/h1-6,10H,7-8,15H2/t10-/m0/s1. The fraction of sp³-hybridized carbons (Fsp3) is 0.231. The number of aromatic nitrogens is 2. The molecule has 3 rings (SSSR count). The maximum Gasteiger partial charge on any atom is 0.414 e. The van der Waals surface area contributed by atoms with Crippen molar-refractivity contribution >= 4 is 11.8 Å². The average molecular weight is 276 g/mol. The third-order valence-electron chi connectivity index (χ3n) is 3.13. The molecule has 1 fully saturated rings. The summed E-state index contributed by atoms with van der Waals surface area (Å²) in [7, 11) is 0. The number of ether oxygens (including phenoxy) is 1. The van der Waals surface area contributed by atoms with E-state index in [1.54, 1.807) is 30.6 Å². The Labute approximate surface area is 114 Å². The fourth-order valence-electron chi connectivity index (χ4n) is 2.12. The first-order valence-electron chi connectivity index (χ1n) is 6.17. The number of nitrogens with zero attached hydrogens (tertiary/aromatic N) is 3. The molecule has 20 heavy (non-hydrogen) atoms. The second-order valence-electron chi connectivity index (χ2n) is 4.44. The minimum absolute atomic E-state index is 0.246. The fourth-order valence-corrected chi connectivity index (χ4v) is 2.12. The summed E-state index contributed by atoms with van der Waals surface area (Å²) in [6.45, 7) is 0.575. The molecule has 104 valence electrons. The highest BCUT2D eigenvalue weighted by Crippen LogP contribution is 2.24. The van der Waals surface area contributed by atoms with Gasteiger partial charge in [-0.15, -0.1) is 0 Å². The van der Waals surface area contributed by atoms with Gasteiger partial charge in [0.2, 0.25) is 0 Å².